The number of benzene rings is 2. The van der Waals surface area contributed by atoms with Crippen LogP contribution in [0.3, 0.4) is 0 Å². The maximum absolute atomic E-state index is 12.7. The van der Waals surface area contributed by atoms with E-state index in [0.717, 1.165) is 25.2 Å². The lowest BCUT2D eigenvalue weighted by Gasteiger charge is -2.15. The molecule has 1 amide bonds. The number of nitrogens with zero attached hydrogens (tertiary/aromatic N) is 4. The Bertz CT molecular complexity index is 829. The molecule has 24 heavy (non-hydrogen) atoms. The Balaban J connectivity index is 1.48. The van der Waals surface area contributed by atoms with Gasteiger partial charge in [0.05, 0.1) is 11.9 Å². The monoisotopic (exact) mass is 318 g/mol. The zero-order chi connectivity index (χ0) is 16.4. The minimum absolute atomic E-state index is 0.0457. The molecular formula is C19H18N4O. The summed E-state index contributed by atoms with van der Waals surface area (Å²) in [4.78, 5) is 14.6. The fraction of sp³-hybridized carbons (Fsp3) is 0.211. The molecule has 1 aromatic heterocycles. The molecule has 1 aliphatic heterocycles. The van der Waals surface area contributed by atoms with Crippen molar-refractivity contribution in [3.63, 3.8) is 0 Å². The second kappa shape index (κ2) is 6.28. The third-order valence-corrected chi connectivity index (χ3v) is 4.48. The number of carbonyl (C=O) groups excluding carboxylic acids is 1. The van der Waals surface area contributed by atoms with Crippen LogP contribution in [0.15, 0.2) is 66.9 Å². The molecule has 0 spiro atoms. The van der Waals surface area contributed by atoms with Crippen molar-refractivity contribution in [2.75, 3.05) is 13.1 Å². The molecule has 2 heterocycles. The number of amides is 1. The summed E-state index contributed by atoms with van der Waals surface area (Å²) < 4.78 is 1.64. The van der Waals surface area contributed by atoms with Crippen LogP contribution in [-0.4, -0.2) is 38.9 Å². The first-order valence-corrected chi connectivity index (χ1v) is 8.13. The van der Waals surface area contributed by atoms with Crippen LogP contribution < -0.4 is 0 Å². The van der Waals surface area contributed by atoms with Crippen molar-refractivity contribution in [2.24, 2.45) is 0 Å². The molecule has 1 unspecified atom stereocenters. The number of para-hydroxylation sites is 1. The van der Waals surface area contributed by atoms with Gasteiger partial charge in [0.1, 0.15) is 0 Å². The van der Waals surface area contributed by atoms with Gasteiger partial charge < -0.3 is 4.90 Å². The maximum Gasteiger partial charge on any atom is 0.276 e. The minimum atomic E-state index is -0.0457. The van der Waals surface area contributed by atoms with Gasteiger partial charge in [0.25, 0.3) is 5.91 Å². The zero-order valence-electron chi connectivity index (χ0n) is 13.2. The van der Waals surface area contributed by atoms with Crippen LogP contribution in [0.5, 0.6) is 0 Å². The summed E-state index contributed by atoms with van der Waals surface area (Å²) in [5, 5.41) is 8.13. The van der Waals surface area contributed by atoms with Crippen LogP contribution in [-0.2, 0) is 0 Å². The smallest absolute Gasteiger partial charge is 0.276 e. The van der Waals surface area contributed by atoms with Gasteiger partial charge in [-0.15, -0.1) is 5.10 Å². The highest BCUT2D eigenvalue weighted by Gasteiger charge is 2.29. The van der Waals surface area contributed by atoms with Crippen molar-refractivity contribution in [1.29, 1.82) is 0 Å². The standard InChI is InChI=1S/C19H18N4O/c24-19(18-14-23(21-20-18)17-9-5-2-6-10-17)22-12-11-16(13-22)15-7-3-1-4-8-15/h1-10,14,16H,11-13H2. The van der Waals surface area contributed by atoms with Gasteiger partial charge in [0.2, 0.25) is 0 Å². The van der Waals surface area contributed by atoms with Gasteiger partial charge >= 0.3 is 0 Å². The number of carbonyl (C=O) groups is 1. The second-order valence-corrected chi connectivity index (χ2v) is 6.03. The van der Waals surface area contributed by atoms with Crippen molar-refractivity contribution in [3.05, 3.63) is 78.1 Å². The summed E-state index contributed by atoms with van der Waals surface area (Å²) >= 11 is 0. The van der Waals surface area contributed by atoms with Crippen molar-refractivity contribution >= 4 is 5.91 Å². The molecule has 1 atom stereocenters. The molecular weight excluding hydrogens is 300 g/mol. The van der Waals surface area contributed by atoms with E-state index >= 15 is 0 Å². The lowest BCUT2D eigenvalue weighted by atomic mass is 9.99. The van der Waals surface area contributed by atoms with Crippen LogP contribution in [0, 0.1) is 0 Å². The zero-order valence-corrected chi connectivity index (χ0v) is 13.2. The van der Waals surface area contributed by atoms with E-state index in [1.165, 1.54) is 5.56 Å². The van der Waals surface area contributed by atoms with Gasteiger partial charge in [0.15, 0.2) is 5.69 Å². The molecule has 2 aromatic carbocycles. The first-order valence-electron chi connectivity index (χ1n) is 8.13. The Morgan fingerprint density at radius 3 is 2.46 bits per heavy atom. The summed E-state index contributed by atoms with van der Waals surface area (Å²) in [6.07, 6.45) is 2.69. The average Bonchev–Trinajstić information content (AvgIpc) is 3.33. The number of rotatable bonds is 3. The Morgan fingerprint density at radius 1 is 1.00 bits per heavy atom. The molecule has 5 nitrogen and oxygen atoms in total. The molecule has 4 rings (SSSR count). The SMILES string of the molecule is O=C(c1cn(-c2ccccc2)nn1)N1CCC(c2ccccc2)C1. The van der Waals surface area contributed by atoms with Gasteiger partial charge in [0, 0.05) is 19.0 Å². The van der Waals surface area contributed by atoms with Crippen molar-refractivity contribution in [3.8, 4) is 5.69 Å². The predicted octanol–water partition coefficient (Wildman–Crippen LogP) is 2.90. The fourth-order valence-corrected chi connectivity index (χ4v) is 3.17. The fourth-order valence-electron chi connectivity index (χ4n) is 3.17. The Kier molecular flexibility index (Phi) is 3.83. The Labute approximate surface area is 140 Å². The highest BCUT2D eigenvalue weighted by Crippen LogP contribution is 2.27. The van der Waals surface area contributed by atoms with E-state index in [9.17, 15) is 4.79 Å². The van der Waals surface area contributed by atoms with Gasteiger partial charge in [-0.25, -0.2) is 4.68 Å². The highest BCUT2D eigenvalue weighted by atomic mass is 16.2. The summed E-state index contributed by atoms with van der Waals surface area (Å²) in [5.74, 6) is 0.356. The minimum Gasteiger partial charge on any atom is -0.337 e. The summed E-state index contributed by atoms with van der Waals surface area (Å²) in [6.45, 7) is 1.50. The first-order chi connectivity index (χ1) is 11.8. The quantitative estimate of drug-likeness (QED) is 0.746. The van der Waals surface area contributed by atoms with Gasteiger partial charge in [-0.1, -0.05) is 53.7 Å². The molecule has 1 fully saturated rings. The topological polar surface area (TPSA) is 51.0 Å². The van der Waals surface area contributed by atoms with E-state index in [1.54, 1.807) is 10.9 Å². The molecule has 5 heteroatoms. The van der Waals surface area contributed by atoms with Crippen LogP contribution in [0.4, 0.5) is 0 Å². The number of hydrogen-bond donors (Lipinski definition) is 0. The third kappa shape index (κ3) is 2.80. The molecule has 0 radical (unpaired) electrons. The van der Waals surface area contributed by atoms with E-state index in [0.29, 0.717) is 11.6 Å². The molecule has 0 aliphatic carbocycles. The predicted molar refractivity (Wildman–Crippen MR) is 91.1 cm³/mol. The van der Waals surface area contributed by atoms with Crippen LogP contribution >= 0.6 is 0 Å². The van der Waals surface area contributed by atoms with E-state index in [-0.39, 0.29) is 5.91 Å². The van der Waals surface area contributed by atoms with Crippen molar-refractivity contribution in [2.45, 2.75) is 12.3 Å². The normalized spacial score (nSPS) is 17.2. The molecule has 1 saturated heterocycles. The summed E-state index contributed by atoms with van der Waals surface area (Å²) in [7, 11) is 0. The molecule has 0 bridgehead atoms. The van der Waals surface area contributed by atoms with E-state index in [2.05, 4.69) is 22.4 Å². The van der Waals surface area contributed by atoms with Gasteiger partial charge in [-0.05, 0) is 24.1 Å². The third-order valence-electron chi connectivity index (χ3n) is 4.48. The lowest BCUT2D eigenvalue weighted by molar-refractivity contribution is 0.0785. The maximum atomic E-state index is 12.7. The molecule has 0 N–H and O–H groups in total. The summed E-state index contributed by atoms with van der Waals surface area (Å²) in [5.41, 5.74) is 2.58. The molecule has 1 aliphatic rings. The van der Waals surface area contributed by atoms with Crippen molar-refractivity contribution in [1.82, 2.24) is 19.9 Å². The van der Waals surface area contributed by atoms with E-state index < -0.39 is 0 Å². The van der Waals surface area contributed by atoms with Crippen LogP contribution in [0.2, 0.25) is 0 Å². The first kappa shape index (κ1) is 14.6. The van der Waals surface area contributed by atoms with Crippen LogP contribution in [0.1, 0.15) is 28.4 Å². The number of aromatic nitrogens is 3. The van der Waals surface area contributed by atoms with Crippen LogP contribution in [0.25, 0.3) is 5.69 Å². The van der Waals surface area contributed by atoms with E-state index in [1.807, 2.05) is 53.4 Å². The molecule has 120 valence electrons. The largest absolute Gasteiger partial charge is 0.337 e. The van der Waals surface area contributed by atoms with Gasteiger partial charge in [-0.3, -0.25) is 4.79 Å². The second-order valence-electron chi connectivity index (χ2n) is 6.03. The highest BCUT2D eigenvalue weighted by molar-refractivity contribution is 5.92. The van der Waals surface area contributed by atoms with Crippen molar-refractivity contribution < 1.29 is 4.79 Å². The molecule has 3 aromatic rings. The summed E-state index contributed by atoms with van der Waals surface area (Å²) in [6, 6.07) is 20.1. The molecule has 0 saturated carbocycles. The Morgan fingerprint density at radius 2 is 1.71 bits per heavy atom. The Hall–Kier alpha value is -2.95. The number of hydrogen-bond acceptors (Lipinski definition) is 3. The van der Waals surface area contributed by atoms with E-state index in [4.69, 9.17) is 0 Å². The van der Waals surface area contributed by atoms with Gasteiger partial charge in [-0.2, -0.15) is 0 Å². The number of likely N-dealkylation sites (tertiary alicyclic amines) is 1. The lowest BCUT2D eigenvalue weighted by Crippen LogP contribution is -2.28. The average molecular weight is 318 g/mol.